The van der Waals surface area contributed by atoms with E-state index in [0.29, 0.717) is 29.7 Å². The third-order valence-corrected chi connectivity index (χ3v) is 4.36. The summed E-state index contributed by atoms with van der Waals surface area (Å²) in [7, 11) is 0. The molecule has 0 aliphatic carbocycles. The van der Waals surface area contributed by atoms with E-state index in [1.807, 2.05) is 67.6 Å². The van der Waals surface area contributed by atoms with Crippen molar-refractivity contribution in [2.75, 3.05) is 30.4 Å². The molecule has 0 aromatic heterocycles. The SMILES string of the molecule is Cc1ccc(Cl)cc1NCC(=O)Nc1cccc(OCCOc2ccccc2)c1. The molecule has 3 rings (SSSR count). The van der Waals surface area contributed by atoms with Crippen LogP contribution in [0.4, 0.5) is 11.4 Å². The van der Waals surface area contributed by atoms with E-state index in [1.165, 1.54) is 0 Å². The third kappa shape index (κ3) is 6.73. The van der Waals surface area contributed by atoms with Crippen molar-refractivity contribution in [3.63, 3.8) is 0 Å². The minimum atomic E-state index is -0.158. The zero-order valence-electron chi connectivity index (χ0n) is 16.2. The Morgan fingerprint density at radius 2 is 1.62 bits per heavy atom. The molecule has 1 amide bonds. The second-order valence-electron chi connectivity index (χ2n) is 6.40. The first kappa shape index (κ1) is 20.6. The fraction of sp³-hybridized carbons (Fsp3) is 0.174. The van der Waals surface area contributed by atoms with Gasteiger partial charge in [-0.2, -0.15) is 0 Å². The summed E-state index contributed by atoms with van der Waals surface area (Å²) in [4.78, 5) is 12.2. The zero-order valence-corrected chi connectivity index (χ0v) is 16.9. The first-order valence-electron chi connectivity index (χ1n) is 9.31. The lowest BCUT2D eigenvalue weighted by Crippen LogP contribution is -2.22. The zero-order chi connectivity index (χ0) is 20.5. The molecular formula is C23H23ClN2O3. The minimum Gasteiger partial charge on any atom is -0.490 e. The van der Waals surface area contributed by atoms with Crippen LogP contribution in [0.3, 0.4) is 0 Å². The van der Waals surface area contributed by atoms with E-state index in [-0.39, 0.29) is 12.5 Å². The molecule has 150 valence electrons. The summed E-state index contributed by atoms with van der Waals surface area (Å²) in [5.74, 6) is 1.31. The van der Waals surface area contributed by atoms with Crippen molar-refractivity contribution < 1.29 is 14.3 Å². The van der Waals surface area contributed by atoms with E-state index in [1.54, 1.807) is 12.1 Å². The van der Waals surface area contributed by atoms with E-state index < -0.39 is 0 Å². The number of hydrogen-bond acceptors (Lipinski definition) is 4. The molecule has 29 heavy (non-hydrogen) atoms. The van der Waals surface area contributed by atoms with Gasteiger partial charge in [0.2, 0.25) is 5.91 Å². The van der Waals surface area contributed by atoms with E-state index in [9.17, 15) is 4.79 Å². The molecule has 6 heteroatoms. The molecule has 0 fully saturated rings. The Labute approximate surface area is 175 Å². The number of carbonyl (C=O) groups is 1. The van der Waals surface area contributed by atoms with Crippen LogP contribution in [0, 0.1) is 6.92 Å². The topological polar surface area (TPSA) is 59.6 Å². The Morgan fingerprint density at radius 1 is 0.897 bits per heavy atom. The Kier molecular flexibility index (Phi) is 7.36. The van der Waals surface area contributed by atoms with Crippen molar-refractivity contribution >= 4 is 28.9 Å². The summed E-state index contributed by atoms with van der Waals surface area (Å²) >= 11 is 6.00. The molecule has 0 saturated heterocycles. The van der Waals surface area contributed by atoms with Gasteiger partial charge in [-0.1, -0.05) is 41.9 Å². The van der Waals surface area contributed by atoms with Gasteiger partial charge in [0.05, 0.1) is 6.54 Å². The number of anilines is 2. The summed E-state index contributed by atoms with van der Waals surface area (Å²) in [6.45, 7) is 2.93. The quantitative estimate of drug-likeness (QED) is 0.478. The number of halogens is 1. The first-order valence-corrected chi connectivity index (χ1v) is 9.68. The monoisotopic (exact) mass is 410 g/mol. The molecule has 0 aliphatic rings. The highest BCUT2D eigenvalue weighted by atomic mass is 35.5. The van der Waals surface area contributed by atoms with Gasteiger partial charge in [-0.05, 0) is 48.9 Å². The Hall–Kier alpha value is -3.18. The second-order valence-corrected chi connectivity index (χ2v) is 6.84. The Balaban J connectivity index is 1.45. The highest BCUT2D eigenvalue weighted by molar-refractivity contribution is 6.30. The summed E-state index contributed by atoms with van der Waals surface area (Å²) < 4.78 is 11.3. The van der Waals surface area contributed by atoms with Crippen molar-refractivity contribution in [1.82, 2.24) is 0 Å². The number of para-hydroxylation sites is 1. The molecule has 0 radical (unpaired) electrons. The van der Waals surface area contributed by atoms with Gasteiger partial charge in [0.1, 0.15) is 24.7 Å². The van der Waals surface area contributed by atoms with Crippen molar-refractivity contribution in [2.24, 2.45) is 0 Å². The third-order valence-electron chi connectivity index (χ3n) is 4.12. The maximum Gasteiger partial charge on any atom is 0.243 e. The van der Waals surface area contributed by atoms with Crippen LogP contribution in [-0.2, 0) is 4.79 Å². The first-order chi connectivity index (χ1) is 14.1. The van der Waals surface area contributed by atoms with Crippen LogP contribution in [0.1, 0.15) is 5.56 Å². The fourth-order valence-electron chi connectivity index (χ4n) is 2.66. The van der Waals surface area contributed by atoms with Gasteiger partial charge in [-0.25, -0.2) is 0 Å². The number of nitrogens with one attached hydrogen (secondary N) is 2. The van der Waals surface area contributed by atoms with Gasteiger partial charge < -0.3 is 20.1 Å². The molecule has 0 heterocycles. The van der Waals surface area contributed by atoms with Gasteiger partial charge in [-0.15, -0.1) is 0 Å². The fourth-order valence-corrected chi connectivity index (χ4v) is 2.84. The van der Waals surface area contributed by atoms with E-state index >= 15 is 0 Å². The van der Waals surface area contributed by atoms with Crippen LogP contribution in [0.2, 0.25) is 5.02 Å². The second kappa shape index (κ2) is 10.4. The maximum atomic E-state index is 12.2. The van der Waals surface area contributed by atoms with E-state index in [4.69, 9.17) is 21.1 Å². The predicted molar refractivity (Wildman–Crippen MR) is 117 cm³/mol. The molecule has 0 saturated carbocycles. The molecule has 0 unspecified atom stereocenters. The van der Waals surface area contributed by atoms with Crippen LogP contribution >= 0.6 is 11.6 Å². The smallest absolute Gasteiger partial charge is 0.243 e. The molecule has 3 aromatic rings. The number of amides is 1. The average Bonchev–Trinajstić information content (AvgIpc) is 2.73. The van der Waals surface area contributed by atoms with Gasteiger partial charge in [0, 0.05) is 22.5 Å². The van der Waals surface area contributed by atoms with Gasteiger partial charge >= 0.3 is 0 Å². The van der Waals surface area contributed by atoms with Gasteiger partial charge in [0.15, 0.2) is 0 Å². The Bertz CT molecular complexity index is 948. The molecule has 0 bridgehead atoms. The van der Waals surface area contributed by atoms with E-state index in [2.05, 4.69) is 10.6 Å². The van der Waals surface area contributed by atoms with Gasteiger partial charge in [-0.3, -0.25) is 4.79 Å². The van der Waals surface area contributed by atoms with Crippen molar-refractivity contribution in [3.05, 3.63) is 83.4 Å². The number of carbonyl (C=O) groups excluding carboxylic acids is 1. The van der Waals surface area contributed by atoms with Crippen molar-refractivity contribution in [2.45, 2.75) is 6.92 Å². The van der Waals surface area contributed by atoms with Crippen LogP contribution < -0.4 is 20.1 Å². The highest BCUT2D eigenvalue weighted by Gasteiger charge is 2.06. The van der Waals surface area contributed by atoms with Crippen molar-refractivity contribution in [3.8, 4) is 11.5 Å². The van der Waals surface area contributed by atoms with Crippen LogP contribution in [0.25, 0.3) is 0 Å². The molecule has 2 N–H and O–H groups in total. The van der Waals surface area contributed by atoms with E-state index in [0.717, 1.165) is 17.0 Å². The molecule has 5 nitrogen and oxygen atoms in total. The summed E-state index contributed by atoms with van der Waals surface area (Å²) in [6.07, 6.45) is 0. The molecular weight excluding hydrogens is 388 g/mol. The largest absolute Gasteiger partial charge is 0.490 e. The predicted octanol–water partition coefficient (Wildman–Crippen LogP) is 5.16. The number of benzene rings is 3. The standard InChI is InChI=1S/C23H23ClN2O3/c1-17-10-11-18(24)14-22(17)25-16-23(27)26-19-6-5-9-21(15-19)29-13-12-28-20-7-3-2-4-8-20/h2-11,14-15,25H,12-13,16H2,1H3,(H,26,27). The maximum absolute atomic E-state index is 12.2. The summed E-state index contributed by atoms with van der Waals surface area (Å²) in [6, 6.07) is 22.4. The van der Waals surface area contributed by atoms with Crippen LogP contribution in [-0.4, -0.2) is 25.7 Å². The number of hydrogen-bond donors (Lipinski definition) is 2. The molecule has 3 aromatic carbocycles. The minimum absolute atomic E-state index is 0.136. The normalized spacial score (nSPS) is 10.3. The number of rotatable bonds is 9. The Morgan fingerprint density at radius 3 is 2.41 bits per heavy atom. The molecule has 0 spiro atoms. The van der Waals surface area contributed by atoms with Crippen LogP contribution in [0.5, 0.6) is 11.5 Å². The van der Waals surface area contributed by atoms with Crippen molar-refractivity contribution in [1.29, 1.82) is 0 Å². The summed E-state index contributed by atoms with van der Waals surface area (Å²) in [5.41, 5.74) is 2.53. The number of aryl methyl sites for hydroxylation is 1. The lowest BCUT2D eigenvalue weighted by atomic mass is 10.2. The number of ether oxygens (including phenoxy) is 2. The highest BCUT2D eigenvalue weighted by Crippen LogP contribution is 2.20. The lowest BCUT2D eigenvalue weighted by Gasteiger charge is -2.12. The summed E-state index contributed by atoms with van der Waals surface area (Å²) in [5, 5.41) is 6.58. The average molecular weight is 411 g/mol. The lowest BCUT2D eigenvalue weighted by molar-refractivity contribution is -0.114. The molecule has 0 atom stereocenters. The van der Waals surface area contributed by atoms with Gasteiger partial charge in [0.25, 0.3) is 0 Å². The van der Waals surface area contributed by atoms with Crippen LogP contribution in [0.15, 0.2) is 72.8 Å². The molecule has 0 aliphatic heterocycles.